The van der Waals surface area contributed by atoms with Crippen molar-refractivity contribution in [1.29, 1.82) is 0 Å². The summed E-state index contributed by atoms with van der Waals surface area (Å²) in [5, 5.41) is 23.6. The van der Waals surface area contributed by atoms with Gasteiger partial charge in [-0.15, -0.1) is 0 Å². The van der Waals surface area contributed by atoms with E-state index >= 15 is 0 Å². The maximum atomic E-state index is 10.3. The second kappa shape index (κ2) is 6.23. The third-order valence-electron chi connectivity index (χ3n) is 3.96. The Morgan fingerprint density at radius 3 is 2.64 bits per heavy atom. The maximum Gasteiger partial charge on any atom is 0.190 e. The summed E-state index contributed by atoms with van der Waals surface area (Å²) in [7, 11) is 0. The summed E-state index contributed by atoms with van der Waals surface area (Å²) < 4.78 is 16.8. The lowest BCUT2D eigenvalue weighted by Gasteiger charge is -2.26. The summed E-state index contributed by atoms with van der Waals surface area (Å²) in [6, 6.07) is 9.91. The van der Waals surface area contributed by atoms with E-state index in [2.05, 4.69) is 5.32 Å². The Labute approximate surface area is 130 Å². The molecule has 0 bridgehead atoms. The molecule has 2 aliphatic rings. The van der Waals surface area contributed by atoms with Gasteiger partial charge in [0.05, 0.1) is 6.10 Å². The van der Waals surface area contributed by atoms with Crippen LogP contribution in [0, 0.1) is 0 Å². The predicted octanol–water partition coefficient (Wildman–Crippen LogP) is 0.374. The smallest absolute Gasteiger partial charge is 0.190 e. The van der Waals surface area contributed by atoms with Crippen LogP contribution in [0.1, 0.15) is 19.4 Å². The zero-order chi connectivity index (χ0) is 15.7. The van der Waals surface area contributed by atoms with Gasteiger partial charge >= 0.3 is 0 Å². The molecule has 6 heteroatoms. The fraction of sp³-hybridized carbons (Fsp3) is 0.625. The maximum absolute atomic E-state index is 10.3. The first-order valence-electron chi connectivity index (χ1n) is 7.58. The molecule has 2 fully saturated rings. The van der Waals surface area contributed by atoms with Gasteiger partial charge in [0.25, 0.3) is 0 Å². The van der Waals surface area contributed by atoms with E-state index in [1.165, 1.54) is 0 Å². The zero-order valence-electron chi connectivity index (χ0n) is 12.8. The molecule has 3 N–H and O–H groups in total. The molecule has 1 aromatic rings. The summed E-state index contributed by atoms with van der Waals surface area (Å²) >= 11 is 0. The third-order valence-corrected chi connectivity index (χ3v) is 3.96. The van der Waals surface area contributed by atoms with Crippen LogP contribution in [0.4, 0.5) is 0 Å². The Kier molecular flexibility index (Phi) is 4.49. The molecule has 0 unspecified atom stereocenters. The number of nitrogens with one attached hydrogen (secondary N) is 1. The molecule has 1 aromatic carbocycles. The molecule has 0 radical (unpaired) electrons. The summed E-state index contributed by atoms with van der Waals surface area (Å²) in [6.07, 6.45) is -3.63. The van der Waals surface area contributed by atoms with Crippen molar-refractivity contribution in [2.75, 3.05) is 6.54 Å². The quantitative estimate of drug-likeness (QED) is 0.729. The van der Waals surface area contributed by atoms with Crippen LogP contribution in [0.2, 0.25) is 0 Å². The molecule has 0 spiro atoms. The van der Waals surface area contributed by atoms with Crippen molar-refractivity contribution >= 4 is 0 Å². The Bertz CT molecular complexity index is 495. The second-order valence-corrected chi connectivity index (χ2v) is 6.24. The molecule has 6 nitrogen and oxygen atoms in total. The monoisotopic (exact) mass is 309 g/mol. The van der Waals surface area contributed by atoms with E-state index in [-0.39, 0.29) is 0 Å². The van der Waals surface area contributed by atoms with Gasteiger partial charge < -0.3 is 29.7 Å². The summed E-state index contributed by atoms with van der Waals surface area (Å²) in [6.45, 7) is 4.51. The van der Waals surface area contributed by atoms with Crippen LogP contribution < -0.4 is 5.32 Å². The molecule has 2 saturated heterocycles. The van der Waals surface area contributed by atoms with E-state index < -0.39 is 36.5 Å². The average molecular weight is 309 g/mol. The summed E-state index contributed by atoms with van der Waals surface area (Å²) in [4.78, 5) is 0. The fourth-order valence-corrected chi connectivity index (χ4v) is 2.91. The van der Waals surface area contributed by atoms with Crippen LogP contribution in [0.3, 0.4) is 0 Å². The van der Waals surface area contributed by atoms with Crippen LogP contribution in [0.5, 0.6) is 0 Å². The lowest BCUT2D eigenvalue weighted by molar-refractivity contribution is -0.225. The molecular formula is C16H23NO5. The summed E-state index contributed by atoms with van der Waals surface area (Å²) in [5.74, 6) is -0.766. The molecular weight excluding hydrogens is 286 g/mol. The van der Waals surface area contributed by atoms with Gasteiger partial charge in [0.2, 0.25) is 0 Å². The standard InChI is InChI=1S/C16H23NO5/c1-16(2)21-14-12(19)13(20-15(14)22-16)11(18)9-17-8-10-6-4-3-5-7-10/h3-7,11-15,17-19H,8-9H2,1-2H3/t11-,12+,13-,14-,15-/m1/s1. The fourth-order valence-electron chi connectivity index (χ4n) is 2.91. The number of hydrogen-bond donors (Lipinski definition) is 3. The van der Waals surface area contributed by atoms with Crippen LogP contribution in [0.15, 0.2) is 30.3 Å². The molecule has 0 saturated carbocycles. The molecule has 0 aromatic heterocycles. The van der Waals surface area contributed by atoms with E-state index in [4.69, 9.17) is 14.2 Å². The van der Waals surface area contributed by atoms with Crippen molar-refractivity contribution < 1.29 is 24.4 Å². The van der Waals surface area contributed by atoms with Crippen molar-refractivity contribution in [3.63, 3.8) is 0 Å². The van der Waals surface area contributed by atoms with E-state index in [9.17, 15) is 10.2 Å². The SMILES string of the molecule is CC1(C)O[C@H]2O[C@H]([C@H](O)CNCc3ccccc3)[C@H](O)[C@H]2O1. The topological polar surface area (TPSA) is 80.2 Å². The molecule has 0 aliphatic carbocycles. The first-order valence-corrected chi connectivity index (χ1v) is 7.58. The predicted molar refractivity (Wildman–Crippen MR) is 78.9 cm³/mol. The van der Waals surface area contributed by atoms with E-state index in [1.807, 2.05) is 30.3 Å². The Balaban J connectivity index is 1.48. The van der Waals surface area contributed by atoms with Gasteiger partial charge in [0, 0.05) is 13.1 Å². The van der Waals surface area contributed by atoms with Crippen molar-refractivity contribution in [3.05, 3.63) is 35.9 Å². The Morgan fingerprint density at radius 2 is 1.95 bits per heavy atom. The first-order chi connectivity index (χ1) is 10.5. The van der Waals surface area contributed by atoms with Crippen molar-refractivity contribution in [2.24, 2.45) is 0 Å². The van der Waals surface area contributed by atoms with Gasteiger partial charge in [0.1, 0.15) is 18.3 Å². The van der Waals surface area contributed by atoms with Gasteiger partial charge in [0.15, 0.2) is 12.1 Å². The van der Waals surface area contributed by atoms with Crippen molar-refractivity contribution in [1.82, 2.24) is 5.32 Å². The van der Waals surface area contributed by atoms with Crippen LogP contribution in [-0.2, 0) is 20.8 Å². The van der Waals surface area contributed by atoms with Crippen LogP contribution >= 0.6 is 0 Å². The van der Waals surface area contributed by atoms with Crippen molar-refractivity contribution in [2.45, 2.75) is 56.9 Å². The van der Waals surface area contributed by atoms with Gasteiger partial charge in [-0.25, -0.2) is 0 Å². The highest BCUT2D eigenvalue weighted by molar-refractivity contribution is 5.14. The highest BCUT2D eigenvalue weighted by Gasteiger charge is 2.55. The third kappa shape index (κ3) is 3.32. The number of fused-ring (bicyclic) bond motifs is 1. The normalized spacial score (nSPS) is 34.5. The van der Waals surface area contributed by atoms with Gasteiger partial charge in [-0.05, 0) is 19.4 Å². The van der Waals surface area contributed by atoms with Crippen LogP contribution in [0.25, 0.3) is 0 Å². The first kappa shape index (κ1) is 15.9. The Morgan fingerprint density at radius 1 is 1.23 bits per heavy atom. The molecule has 2 heterocycles. The minimum Gasteiger partial charge on any atom is -0.389 e. The molecule has 0 amide bonds. The number of benzene rings is 1. The molecule has 22 heavy (non-hydrogen) atoms. The minimum absolute atomic E-state index is 0.319. The van der Waals surface area contributed by atoms with Gasteiger partial charge in [-0.3, -0.25) is 0 Å². The van der Waals surface area contributed by atoms with E-state index in [1.54, 1.807) is 13.8 Å². The summed E-state index contributed by atoms with van der Waals surface area (Å²) in [5.41, 5.74) is 1.13. The number of aliphatic hydroxyl groups is 2. The van der Waals surface area contributed by atoms with E-state index in [0.29, 0.717) is 13.1 Å². The lowest BCUT2D eigenvalue weighted by atomic mass is 10.1. The minimum atomic E-state index is -0.902. The highest BCUT2D eigenvalue weighted by Crippen LogP contribution is 2.38. The van der Waals surface area contributed by atoms with Gasteiger partial charge in [-0.2, -0.15) is 0 Å². The molecule has 122 valence electrons. The largest absolute Gasteiger partial charge is 0.389 e. The van der Waals surface area contributed by atoms with Crippen molar-refractivity contribution in [3.8, 4) is 0 Å². The molecule has 5 atom stereocenters. The lowest BCUT2D eigenvalue weighted by Crippen LogP contribution is -2.44. The Hall–Kier alpha value is -1.02. The number of aliphatic hydroxyl groups excluding tert-OH is 2. The highest BCUT2D eigenvalue weighted by atomic mass is 16.8. The number of hydrogen-bond acceptors (Lipinski definition) is 6. The van der Waals surface area contributed by atoms with Crippen LogP contribution in [-0.4, -0.2) is 53.3 Å². The molecule has 3 rings (SSSR count). The average Bonchev–Trinajstić information content (AvgIpc) is 2.94. The number of rotatable bonds is 5. The van der Waals surface area contributed by atoms with Gasteiger partial charge in [-0.1, -0.05) is 30.3 Å². The van der Waals surface area contributed by atoms with E-state index in [0.717, 1.165) is 5.56 Å². The zero-order valence-corrected chi connectivity index (χ0v) is 12.8. The number of ether oxygens (including phenoxy) is 3. The second-order valence-electron chi connectivity index (χ2n) is 6.24. The molecule has 2 aliphatic heterocycles.